The van der Waals surface area contributed by atoms with Crippen LogP contribution in [0.4, 0.5) is 4.39 Å². The van der Waals surface area contributed by atoms with Crippen molar-refractivity contribution in [1.82, 2.24) is 5.32 Å². The van der Waals surface area contributed by atoms with E-state index in [0.717, 1.165) is 0 Å². The Balaban J connectivity index is 2.92. The molecule has 0 saturated heterocycles. The molecule has 0 aliphatic rings. The van der Waals surface area contributed by atoms with E-state index in [-0.39, 0.29) is 5.84 Å². The van der Waals surface area contributed by atoms with Gasteiger partial charge in [0, 0.05) is 17.6 Å². The lowest BCUT2D eigenvalue weighted by Crippen LogP contribution is -2.55. The van der Waals surface area contributed by atoms with Gasteiger partial charge in [-0.2, -0.15) is 0 Å². The predicted molar refractivity (Wildman–Crippen MR) is 76.1 cm³/mol. The van der Waals surface area contributed by atoms with E-state index >= 15 is 0 Å². The van der Waals surface area contributed by atoms with Crippen molar-refractivity contribution in [2.75, 3.05) is 0 Å². The van der Waals surface area contributed by atoms with Gasteiger partial charge < -0.3 is 21.4 Å². The second-order valence-corrected chi connectivity index (χ2v) is 5.87. The van der Waals surface area contributed by atoms with Crippen LogP contribution in [0.15, 0.2) is 23.4 Å². The molecule has 5 N–H and O–H groups in total. The maximum Gasteiger partial charge on any atom is 0.170 e. The van der Waals surface area contributed by atoms with Gasteiger partial charge in [-0.05, 0) is 51.5 Å². The predicted octanol–water partition coefficient (Wildman–Crippen LogP) is 1.56. The molecule has 0 heterocycles. The van der Waals surface area contributed by atoms with Gasteiger partial charge in [-0.3, -0.25) is 0 Å². The zero-order valence-electron chi connectivity index (χ0n) is 12.2. The third kappa shape index (κ3) is 3.91. The number of aliphatic hydroxyl groups is 1. The first-order chi connectivity index (χ1) is 9.06. The van der Waals surface area contributed by atoms with Crippen LogP contribution in [0.1, 0.15) is 38.8 Å². The number of hydrogen-bond donors (Lipinski definition) is 4. The summed E-state index contributed by atoms with van der Waals surface area (Å²) >= 11 is 0. The summed E-state index contributed by atoms with van der Waals surface area (Å²) in [5.41, 5.74) is 4.91. The Labute approximate surface area is 118 Å². The SMILES string of the molecule is CC(C)(O)C(C)(C)NCc1cc(F)cc(/C(N)=N/O)c1. The molecule has 0 unspecified atom stereocenters. The summed E-state index contributed by atoms with van der Waals surface area (Å²) < 4.78 is 13.5. The second-order valence-electron chi connectivity index (χ2n) is 5.87. The summed E-state index contributed by atoms with van der Waals surface area (Å²) in [5.74, 6) is -0.612. The van der Waals surface area contributed by atoms with E-state index in [9.17, 15) is 9.50 Å². The zero-order chi connectivity index (χ0) is 15.6. The van der Waals surface area contributed by atoms with Crippen LogP contribution >= 0.6 is 0 Å². The summed E-state index contributed by atoms with van der Waals surface area (Å²) in [6.07, 6.45) is 0. The molecule has 1 aromatic carbocycles. The zero-order valence-corrected chi connectivity index (χ0v) is 12.2. The molecular formula is C14H22FN3O2. The molecule has 1 aromatic rings. The molecule has 6 heteroatoms. The summed E-state index contributed by atoms with van der Waals surface area (Å²) in [5, 5.41) is 24.7. The fourth-order valence-corrected chi connectivity index (χ4v) is 1.50. The van der Waals surface area contributed by atoms with Crippen molar-refractivity contribution in [3.63, 3.8) is 0 Å². The Morgan fingerprint density at radius 2 is 1.90 bits per heavy atom. The number of rotatable bonds is 5. The minimum Gasteiger partial charge on any atom is -0.409 e. The normalized spacial score (nSPS) is 13.6. The number of halogens is 1. The third-order valence-electron chi connectivity index (χ3n) is 3.63. The fourth-order valence-electron chi connectivity index (χ4n) is 1.50. The van der Waals surface area contributed by atoms with E-state index < -0.39 is 17.0 Å². The van der Waals surface area contributed by atoms with E-state index in [0.29, 0.717) is 17.7 Å². The highest BCUT2D eigenvalue weighted by molar-refractivity contribution is 5.97. The lowest BCUT2D eigenvalue weighted by Gasteiger charge is -2.38. The van der Waals surface area contributed by atoms with Crippen LogP contribution in [0.2, 0.25) is 0 Å². The van der Waals surface area contributed by atoms with E-state index in [4.69, 9.17) is 10.9 Å². The van der Waals surface area contributed by atoms with Crippen LogP contribution in [0.5, 0.6) is 0 Å². The van der Waals surface area contributed by atoms with E-state index in [1.165, 1.54) is 12.1 Å². The van der Waals surface area contributed by atoms with Gasteiger partial charge in [0.15, 0.2) is 5.84 Å². The van der Waals surface area contributed by atoms with Crippen LogP contribution in [0.3, 0.4) is 0 Å². The Morgan fingerprint density at radius 1 is 1.30 bits per heavy atom. The largest absolute Gasteiger partial charge is 0.409 e. The standard InChI is InChI=1S/C14H22FN3O2/c1-13(2,14(3,4)19)17-8-9-5-10(12(16)18-20)7-11(15)6-9/h5-7,17,19-20H,8H2,1-4H3,(H2,16,18). The lowest BCUT2D eigenvalue weighted by molar-refractivity contribution is -0.00532. The van der Waals surface area contributed by atoms with Crippen LogP contribution in [-0.2, 0) is 6.54 Å². The topological polar surface area (TPSA) is 90.9 Å². The molecule has 5 nitrogen and oxygen atoms in total. The van der Waals surface area contributed by atoms with Crippen molar-refractivity contribution in [2.45, 2.75) is 45.4 Å². The maximum absolute atomic E-state index is 13.5. The lowest BCUT2D eigenvalue weighted by atomic mass is 9.86. The second kappa shape index (κ2) is 5.76. The van der Waals surface area contributed by atoms with Crippen LogP contribution in [0, 0.1) is 5.82 Å². The molecule has 0 fully saturated rings. The van der Waals surface area contributed by atoms with Crippen LogP contribution in [-0.4, -0.2) is 27.3 Å². The van der Waals surface area contributed by atoms with Gasteiger partial charge in [0.2, 0.25) is 0 Å². The molecule has 20 heavy (non-hydrogen) atoms. The molecule has 0 bridgehead atoms. The number of oxime groups is 1. The minimum atomic E-state index is -0.936. The maximum atomic E-state index is 13.5. The third-order valence-corrected chi connectivity index (χ3v) is 3.63. The fraction of sp³-hybridized carbons (Fsp3) is 0.500. The summed E-state index contributed by atoms with van der Waals surface area (Å²) in [7, 11) is 0. The quantitative estimate of drug-likeness (QED) is 0.286. The van der Waals surface area contributed by atoms with Gasteiger partial charge in [0.1, 0.15) is 5.82 Å². The Bertz CT molecular complexity index is 508. The molecule has 112 valence electrons. The number of nitrogens with one attached hydrogen (secondary N) is 1. The summed E-state index contributed by atoms with van der Waals surface area (Å²) in [4.78, 5) is 0. The molecule has 0 saturated carbocycles. The Morgan fingerprint density at radius 3 is 2.40 bits per heavy atom. The van der Waals surface area contributed by atoms with Crippen molar-refractivity contribution in [2.24, 2.45) is 10.9 Å². The van der Waals surface area contributed by atoms with Crippen LogP contribution < -0.4 is 11.1 Å². The summed E-state index contributed by atoms with van der Waals surface area (Å²) in [6, 6.07) is 4.19. The van der Waals surface area contributed by atoms with Crippen molar-refractivity contribution in [3.8, 4) is 0 Å². The van der Waals surface area contributed by atoms with Crippen LogP contribution in [0.25, 0.3) is 0 Å². The van der Waals surface area contributed by atoms with Gasteiger partial charge in [-0.1, -0.05) is 5.16 Å². The average molecular weight is 283 g/mol. The summed E-state index contributed by atoms with van der Waals surface area (Å²) in [6.45, 7) is 7.47. The number of amidine groups is 1. The molecule has 0 aliphatic heterocycles. The number of benzene rings is 1. The molecule has 0 aromatic heterocycles. The monoisotopic (exact) mass is 283 g/mol. The number of nitrogens with zero attached hydrogens (tertiary/aromatic N) is 1. The van der Waals surface area contributed by atoms with Gasteiger partial charge in [-0.25, -0.2) is 4.39 Å². The first-order valence-corrected chi connectivity index (χ1v) is 6.31. The highest BCUT2D eigenvalue weighted by Gasteiger charge is 2.34. The Kier molecular flexibility index (Phi) is 4.73. The molecule has 0 aliphatic carbocycles. The molecule has 1 rings (SSSR count). The smallest absolute Gasteiger partial charge is 0.170 e. The molecular weight excluding hydrogens is 261 g/mol. The minimum absolute atomic E-state index is 0.146. The van der Waals surface area contributed by atoms with E-state index in [1.807, 2.05) is 13.8 Å². The highest BCUT2D eigenvalue weighted by atomic mass is 19.1. The van der Waals surface area contributed by atoms with Gasteiger partial charge >= 0.3 is 0 Å². The Hall–Kier alpha value is -1.66. The first-order valence-electron chi connectivity index (χ1n) is 6.31. The van der Waals surface area contributed by atoms with Crippen molar-refractivity contribution in [3.05, 3.63) is 35.1 Å². The van der Waals surface area contributed by atoms with Crippen molar-refractivity contribution < 1.29 is 14.7 Å². The van der Waals surface area contributed by atoms with Crippen molar-refractivity contribution in [1.29, 1.82) is 0 Å². The molecule has 0 amide bonds. The highest BCUT2D eigenvalue weighted by Crippen LogP contribution is 2.21. The van der Waals surface area contributed by atoms with E-state index in [1.54, 1.807) is 19.9 Å². The van der Waals surface area contributed by atoms with Gasteiger partial charge in [0.25, 0.3) is 0 Å². The number of hydrogen-bond acceptors (Lipinski definition) is 4. The number of nitrogens with two attached hydrogens (primary N) is 1. The molecule has 0 spiro atoms. The van der Waals surface area contributed by atoms with Gasteiger partial charge in [-0.15, -0.1) is 0 Å². The van der Waals surface area contributed by atoms with Gasteiger partial charge in [0.05, 0.1) is 5.60 Å². The average Bonchev–Trinajstić information content (AvgIpc) is 2.33. The van der Waals surface area contributed by atoms with Crippen molar-refractivity contribution >= 4 is 5.84 Å². The van der Waals surface area contributed by atoms with E-state index in [2.05, 4.69) is 10.5 Å². The first kappa shape index (κ1) is 16.4. The molecule has 0 radical (unpaired) electrons. The molecule has 0 atom stereocenters.